The van der Waals surface area contributed by atoms with Gasteiger partial charge >= 0.3 is 0 Å². The first-order valence-corrected chi connectivity index (χ1v) is 7.55. The molecule has 3 heteroatoms. The predicted octanol–water partition coefficient (Wildman–Crippen LogP) is 2.59. The maximum atomic E-state index is 12.6. The molecule has 1 aromatic rings. The van der Waals surface area contributed by atoms with E-state index in [1.54, 1.807) is 0 Å². The molecule has 20 heavy (non-hydrogen) atoms. The van der Waals surface area contributed by atoms with Gasteiger partial charge in [-0.15, -0.1) is 0 Å². The molecule has 3 atom stereocenters. The van der Waals surface area contributed by atoms with Crippen LogP contribution in [0.25, 0.3) is 0 Å². The van der Waals surface area contributed by atoms with Gasteiger partial charge in [-0.3, -0.25) is 4.79 Å². The Labute approximate surface area is 120 Å². The van der Waals surface area contributed by atoms with Crippen molar-refractivity contribution in [2.45, 2.75) is 51.7 Å². The number of benzene rings is 1. The molecule has 2 aliphatic carbocycles. The summed E-state index contributed by atoms with van der Waals surface area (Å²) in [4.78, 5) is 12.6. The molecule has 1 unspecified atom stereocenters. The van der Waals surface area contributed by atoms with E-state index in [1.165, 1.54) is 0 Å². The number of fused-ring (bicyclic) bond motifs is 1. The lowest BCUT2D eigenvalue weighted by Gasteiger charge is -2.28. The number of rotatable bonds is 2. The smallest absolute Gasteiger partial charge is 0.224 e. The minimum Gasteiger partial charge on any atom is -0.390 e. The molecule has 108 valence electrons. The lowest BCUT2D eigenvalue weighted by Crippen LogP contribution is -2.40. The Kier molecular flexibility index (Phi) is 3.33. The Hall–Kier alpha value is -1.35. The van der Waals surface area contributed by atoms with Crippen LogP contribution in [0.4, 0.5) is 0 Å². The summed E-state index contributed by atoms with van der Waals surface area (Å²) in [6, 6.07) is 7.75. The highest BCUT2D eigenvalue weighted by molar-refractivity contribution is 5.80. The molecule has 0 heterocycles. The van der Waals surface area contributed by atoms with Crippen LogP contribution in [0.2, 0.25) is 0 Å². The Balaban J connectivity index is 1.77. The second-order valence-corrected chi connectivity index (χ2v) is 6.89. The second-order valence-electron chi connectivity index (χ2n) is 6.89. The van der Waals surface area contributed by atoms with E-state index in [0.29, 0.717) is 6.42 Å². The molecule has 3 rings (SSSR count). The van der Waals surface area contributed by atoms with Crippen molar-refractivity contribution in [2.75, 3.05) is 0 Å². The fourth-order valence-corrected chi connectivity index (χ4v) is 3.81. The number of carbonyl (C=O) groups is 1. The number of hydrogen-bond acceptors (Lipinski definition) is 2. The highest BCUT2D eigenvalue weighted by Crippen LogP contribution is 2.43. The van der Waals surface area contributed by atoms with Gasteiger partial charge in [0, 0.05) is 12.3 Å². The van der Waals surface area contributed by atoms with E-state index >= 15 is 0 Å². The molecule has 0 aromatic heterocycles. The molecule has 2 aliphatic rings. The van der Waals surface area contributed by atoms with Gasteiger partial charge in [0.15, 0.2) is 0 Å². The van der Waals surface area contributed by atoms with Crippen LogP contribution in [0.1, 0.15) is 50.3 Å². The molecule has 0 spiro atoms. The van der Waals surface area contributed by atoms with Crippen LogP contribution < -0.4 is 5.32 Å². The molecule has 1 saturated carbocycles. The standard InChI is InChI=1S/C17H23NO2/c1-17(2)9-5-8-13(17)16(20)18-15-12-7-4-3-6-11(12)10-14(15)19/h3-4,6-7,13-15,19H,5,8-10H2,1-2H3,(H,18,20)/t13?,14-,15+/m0/s1. The van der Waals surface area contributed by atoms with E-state index in [-0.39, 0.29) is 23.3 Å². The average Bonchev–Trinajstić information content (AvgIpc) is 2.90. The van der Waals surface area contributed by atoms with E-state index in [4.69, 9.17) is 0 Å². The highest BCUT2D eigenvalue weighted by Gasteiger charge is 2.41. The Morgan fingerprint density at radius 2 is 2.10 bits per heavy atom. The van der Waals surface area contributed by atoms with Gasteiger partial charge < -0.3 is 10.4 Å². The van der Waals surface area contributed by atoms with Crippen LogP contribution in [0.15, 0.2) is 24.3 Å². The zero-order chi connectivity index (χ0) is 14.3. The van der Waals surface area contributed by atoms with Crippen molar-refractivity contribution in [3.63, 3.8) is 0 Å². The summed E-state index contributed by atoms with van der Waals surface area (Å²) in [6.45, 7) is 4.34. The van der Waals surface area contributed by atoms with Crippen molar-refractivity contribution < 1.29 is 9.90 Å². The largest absolute Gasteiger partial charge is 0.390 e. The SMILES string of the molecule is CC1(C)CCCC1C(=O)N[C@@H]1c2ccccc2C[C@@H]1O. The molecule has 1 fully saturated rings. The topological polar surface area (TPSA) is 49.3 Å². The van der Waals surface area contributed by atoms with Gasteiger partial charge in [0.2, 0.25) is 5.91 Å². The maximum absolute atomic E-state index is 12.6. The van der Waals surface area contributed by atoms with Crippen molar-refractivity contribution in [3.05, 3.63) is 35.4 Å². The molecule has 0 radical (unpaired) electrons. The first-order valence-electron chi connectivity index (χ1n) is 7.55. The molecule has 0 bridgehead atoms. The Morgan fingerprint density at radius 3 is 2.80 bits per heavy atom. The molecule has 0 saturated heterocycles. The number of amides is 1. The first-order chi connectivity index (χ1) is 9.49. The Bertz CT molecular complexity index is 523. The van der Waals surface area contributed by atoms with Crippen molar-refractivity contribution >= 4 is 5.91 Å². The maximum Gasteiger partial charge on any atom is 0.224 e. The quantitative estimate of drug-likeness (QED) is 0.870. The van der Waals surface area contributed by atoms with Crippen LogP contribution >= 0.6 is 0 Å². The van der Waals surface area contributed by atoms with Gasteiger partial charge in [-0.1, -0.05) is 44.5 Å². The summed E-state index contributed by atoms with van der Waals surface area (Å²) in [6.07, 6.45) is 3.32. The lowest BCUT2D eigenvalue weighted by atomic mass is 9.81. The number of aliphatic hydroxyl groups is 1. The summed E-state index contributed by atoms with van der Waals surface area (Å²) in [7, 11) is 0. The fourth-order valence-electron chi connectivity index (χ4n) is 3.81. The molecule has 1 aromatic carbocycles. The third-order valence-electron chi connectivity index (χ3n) is 5.08. The van der Waals surface area contributed by atoms with Gasteiger partial charge in [0.25, 0.3) is 0 Å². The van der Waals surface area contributed by atoms with Crippen molar-refractivity contribution in [3.8, 4) is 0 Å². The molecule has 1 amide bonds. The molecule has 3 nitrogen and oxygen atoms in total. The predicted molar refractivity (Wildman–Crippen MR) is 78.2 cm³/mol. The van der Waals surface area contributed by atoms with Crippen molar-refractivity contribution in [1.82, 2.24) is 5.32 Å². The van der Waals surface area contributed by atoms with Gasteiger partial charge in [-0.2, -0.15) is 0 Å². The normalized spacial score (nSPS) is 31.1. The fraction of sp³-hybridized carbons (Fsp3) is 0.588. The van der Waals surface area contributed by atoms with E-state index in [9.17, 15) is 9.90 Å². The van der Waals surface area contributed by atoms with Gasteiger partial charge in [0.05, 0.1) is 12.1 Å². The summed E-state index contributed by atoms with van der Waals surface area (Å²) in [5, 5.41) is 13.3. The van der Waals surface area contributed by atoms with E-state index < -0.39 is 6.10 Å². The summed E-state index contributed by atoms with van der Waals surface area (Å²) >= 11 is 0. The van der Waals surface area contributed by atoms with Crippen LogP contribution in [0, 0.1) is 11.3 Å². The van der Waals surface area contributed by atoms with Crippen LogP contribution in [0.3, 0.4) is 0 Å². The van der Waals surface area contributed by atoms with Crippen molar-refractivity contribution in [2.24, 2.45) is 11.3 Å². The zero-order valence-electron chi connectivity index (χ0n) is 12.2. The molecular formula is C17H23NO2. The molecular weight excluding hydrogens is 250 g/mol. The minimum atomic E-state index is -0.499. The van der Waals surface area contributed by atoms with Gasteiger partial charge in [-0.05, 0) is 29.4 Å². The monoisotopic (exact) mass is 273 g/mol. The van der Waals surface area contributed by atoms with Crippen LogP contribution in [-0.4, -0.2) is 17.1 Å². The van der Waals surface area contributed by atoms with Crippen LogP contribution in [-0.2, 0) is 11.2 Å². The number of hydrogen-bond donors (Lipinski definition) is 2. The molecule has 0 aliphatic heterocycles. The summed E-state index contributed by atoms with van der Waals surface area (Å²) in [5.41, 5.74) is 2.30. The van der Waals surface area contributed by atoms with E-state index in [0.717, 1.165) is 30.4 Å². The number of aliphatic hydroxyl groups excluding tert-OH is 1. The second kappa shape index (κ2) is 4.88. The van der Waals surface area contributed by atoms with E-state index in [2.05, 4.69) is 19.2 Å². The number of nitrogens with one attached hydrogen (secondary N) is 1. The minimum absolute atomic E-state index is 0.0717. The van der Waals surface area contributed by atoms with E-state index in [1.807, 2.05) is 24.3 Å². The first kappa shape index (κ1) is 13.6. The summed E-state index contributed by atoms with van der Waals surface area (Å²) < 4.78 is 0. The summed E-state index contributed by atoms with van der Waals surface area (Å²) in [5.74, 6) is 0.177. The van der Waals surface area contributed by atoms with Gasteiger partial charge in [0.1, 0.15) is 0 Å². The zero-order valence-corrected chi connectivity index (χ0v) is 12.2. The number of carbonyl (C=O) groups excluding carboxylic acids is 1. The molecule has 2 N–H and O–H groups in total. The lowest BCUT2D eigenvalue weighted by molar-refractivity contribution is -0.129. The average molecular weight is 273 g/mol. The Morgan fingerprint density at radius 1 is 1.35 bits per heavy atom. The van der Waals surface area contributed by atoms with Crippen LogP contribution in [0.5, 0.6) is 0 Å². The highest BCUT2D eigenvalue weighted by atomic mass is 16.3. The van der Waals surface area contributed by atoms with Crippen molar-refractivity contribution in [1.29, 1.82) is 0 Å². The third-order valence-corrected chi connectivity index (χ3v) is 5.08. The van der Waals surface area contributed by atoms with Gasteiger partial charge in [-0.25, -0.2) is 0 Å². The third kappa shape index (κ3) is 2.24.